The minimum absolute atomic E-state index is 0.114. The lowest BCUT2D eigenvalue weighted by Gasteiger charge is -2.20. The summed E-state index contributed by atoms with van der Waals surface area (Å²) in [5.74, 6) is 0.734. The van der Waals surface area contributed by atoms with Gasteiger partial charge in [-0.3, -0.25) is 9.79 Å². The maximum absolute atomic E-state index is 13.1. The van der Waals surface area contributed by atoms with Crippen molar-refractivity contribution < 1.29 is 17.9 Å². The summed E-state index contributed by atoms with van der Waals surface area (Å²) in [4.78, 5) is 18.7. The number of likely N-dealkylation sites (N-methyl/N-ethyl adjacent to an activating group) is 2. The van der Waals surface area contributed by atoms with Crippen molar-refractivity contribution in [1.82, 2.24) is 14.5 Å². The molecule has 0 aromatic heterocycles. The Balaban J connectivity index is 1.25. The number of nitrogens with one attached hydrogen (secondary N) is 1. The van der Waals surface area contributed by atoms with Gasteiger partial charge in [-0.05, 0) is 17.0 Å². The molecule has 9 heteroatoms. The molecular weight excluding hydrogens is 464 g/mol. The Morgan fingerprint density at radius 2 is 1.77 bits per heavy atom. The molecule has 0 saturated carbocycles. The van der Waals surface area contributed by atoms with E-state index >= 15 is 0 Å². The molecule has 0 unspecified atom stereocenters. The number of rotatable bonds is 10. The number of hydrogen-bond acceptors (Lipinski definition) is 6. The van der Waals surface area contributed by atoms with Gasteiger partial charge in [0.15, 0.2) is 0 Å². The first-order chi connectivity index (χ1) is 16.9. The number of amides is 1. The van der Waals surface area contributed by atoms with Crippen LogP contribution < -0.4 is 5.32 Å². The molecule has 0 bridgehead atoms. The summed E-state index contributed by atoms with van der Waals surface area (Å²) in [5, 5.41) is 4.79. The standard InChI is InChI=1S/C26H30N4O4S/c1-29(18-20-10-12-22(13-11-20)26-27-14-15-28-26)25(31)19-34-17-16-30(2)35(32,33)24-9-5-7-21-6-3-4-8-23(21)24/h3-13H,14-19H2,1-2H3,(H,27,28). The van der Waals surface area contributed by atoms with Gasteiger partial charge in [0.25, 0.3) is 0 Å². The van der Waals surface area contributed by atoms with Crippen LogP contribution in [0.5, 0.6) is 0 Å². The number of ether oxygens (including phenoxy) is 1. The van der Waals surface area contributed by atoms with Gasteiger partial charge in [-0.2, -0.15) is 4.31 Å². The van der Waals surface area contributed by atoms with Gasteiger partial charge in [0.1, 0.15) is 12.4 Å². The molecule has 0 saturated heterocycles. The summed E-state index contributed by atoms with van der Waals surface area (Å²) in [6.45, 7) is 2.25. The van der Waals surface area contributed by atoms with Crippen LogP contribution >= 0.6 is 0 Å². The molecule has 0 fully saturated rings. The minimum atomic E-state index is -3.69. The van der Waals surface area contributed by atoms with E-state index in [-0.39, 0.29) is 30.6 Å². The van der Waals surface area contributed by atoms with Crippen molar-refractivity contribution in [3.63, 3.8) is 0 Å². The number of aliphatic imine (C=N–C) groups is 1. The van der Waals surface area contributed by atoms with Crippen molar-refractivity contribution in [2.24, 2.45) is 4.99 Å². The molecule has 0 spiro atoms. The van der Waals surface area contributed by atoms with Crippen LogP contribution in [0, 0.1) is 0 Å². The van der Waals surface area contributed by atoms with Crippen LogP contribution in [0.4, 0.5) is 0 Å². The Hall–Kier alpha value is -3.27. The van der Waals surface area contributed by atoms with E-state index in [4.69, 9.17) is 4.74 Å². The van der Waals surface area contributed by atoms with E-state index in [0.717, 1.165) is 35.4 Å². The molecule has 1 N–H and O–H groups in total. The second kappa shape index (κ2) is 11.0. The summed E-state index contributed by atoms with van der Waals surface area (Å²) in [6.07, 6.45) is 0. The van der Waals surface area contributed by atoms with Gasteiger partial charge < -0.3 is 15.0 Å². The number of hydrogen-bond donors (Lipinski definition) is 1. The molecule has 4 rings (SSSR count). The zero-order chi connectivity index (χ0) is 24.8. The third kappa shape index (κ3) is 5.87. The predicted molar refractivity (Wildman–Crippen MR) is 137 cm³/mol. The van der Waals surface area contributed by atoms with Crippen molar-refractivity contribution in [1.29, 1.82) is 0 Å². The molecule has 1 aliphatic heterocycles. The molecular formula is C26H30N4O4S. The third-order valence-electron chi connectivity index (χ3n) is 5.96. The van der Waals surface area contributed by atoms with Crippen molar-refractivity contribution in [3.8, 4) is 0 Å². The van der Waals surface area contributed by atoms with Crippen LogP contribution in [0.2, 0.25) is 0 Å². The minimum Gasteiger partial charge on any atom is -0.370 e. The summed E-state index contributed by atoms with van der Waals surface area (Å²) in [6, 6.07) is 20.6. The van der Waals surface area contributed by atoms with Crippen LogP contribution in [-0.2, 0) is 26.1 Å². The lowest BCUT2D eigenvalue weighted by molar-refractivity contribution is -0.135. The number of fused-ring (bicyclic) bond motifs is 1. The highest BCUT2D eigenvalue weighted by Crippen LogP contribution is 2.25. The van der Waals surface area contributed by atoms with Crippen LogP contribution in [0.1, 0.15) is 11.1 Å². The summed E-state index contributed by atoms with van der Waals surface area (Å²) in [7, 11) is -0.448. The highest BCUT2D eigenvalue weighted by Gasteiger charge is 2.23. The van der Waals surface area contributed by atoms with Crippen LogP contribution in [-0.4, -0.2) is 76.3 Å². The largest absolute Gasteiger partial charge is 0.370 e. The molecule has 3 aromatic rings. The first-order valence-electron chi connectivity index (χ1n) is 11.5. The number of benzene rings is 3. The topological polar surface area (TPSA) is 91.3 Å². The maximum atomic E-state index is 13.1. The maximum Gasteiger partial charge on any atom is 0.248 e. The smallest absolute Gasteiger partial charge is 0.248 e. The average Bonchev–Trinajstić information content (AvgIpc) is 3.41. The monoisotopic (exact) mass is 494 g/mol. The first kappa shape index (κ1) is 24.8. The second-order valence-corrected chi connectivity index (χ2v) is 10.5. The van der Waals surface area contributed by atoms with Crippen molar-refractivity contribution in [2.75, 3.05) is 46.9 Å². The van der Waals surface area contributed by atoms with E-state index in [1.54, 1.807) is 30.1 Å². The van der Waals surface area contributed by atoms with Crippen LogP contribution in [0.15, 0.2) is 76.6 Å². The Labute approximate surface area is 206 Å². The highest BCUT2D eigenvalue weighted by atomic mass is 32.2. The predicted octanol–water partition coefficient (Wildman–Crippen LogP) is 2.49. The van der Waals surface area contributed by atoms with E-state index in [1.807, 2.05) is 48.5 Å². The fourth-order valence-electron chi connectivity index (χ4n) is 3.89. The van der Waals surface area contributed by atoms with E-state index in [2.05, 4.69) is 10.3 Å². The average molecular weight is 495 g/mol. The fourth-order valence-corrected chi connectivity index (χ4v) is 5.26. The summed E-state index contributed by atoms with van der Waals surface area (Å²) >= 11 is 0. The van der Waals surface area contributed by atoms with E-state index < -0.39 is 10.0 Å². The molecule has 1 heterocycles. The molecule has 0 aliphatic carbocycles. The lowest BCUT2D eigenvalue weighted by atomic mass is 10.1. The molecule has 8 nitrogen and oxygen atoms in total. The third-order valence-corrected chi connectivity index (χ3v) is 7.88. The Kier molecular flexibility index (Phi) is 7.80. The van der Waals surface area contributed by atoms with E-state index in [9.17, 15) is 13.2 Å². The van der Waals surface area contributed by atoms with Gasteiger partial charge in [0, 0.05) is 44.7 Å². The highest BCUT2D eigenvalue weighted by molar-refractivity contribution is 7.89. The lowest BCUT2D eigenvalue weighted by Crippen LogP contribution is -2.33. The summed E-state index contributed by atoms with van der Waals surface area (Å²) in [5.41, 5.74) is 2.04. The van der Waals surface area contributed by atoms with Crippen molar-refractivity contribution in [3.05, 3.63) is 77.9 Å². The van der Waals surface area contributed by atoms with Gasteiger partial charge in [-0.25, -0.2) is 8.42 Å². The Morgan fingerprint density at radius 3 is 2.51 bits per heavy atom. The number of nitrogens with zero attached hydrogens (tertiary/aromatic N) is 3. The van der Waals surface area contributed by atoms with Gasteiger partial charge in [-0.15, -0.1) is 0 Å². The van der Waals surface area contributed by atoms with Crippen LogP contribution in [0.25, 0.3) is 10.8 Å². The molecule has 1 amide bonds. The summed E-state index contributed by atoms with van der Waals surface area (Å²) < 4.78 is 32.9. The molecule has 184 valence electrons. The Morgan fingerprint density at radius 1 is 1.03 bits per heavy atom. The van der Waals surface area contributed by atoms with Gasteiger partial charge >= 0.3 is 0 Å². The molecule has 1 aliphatic rings. The SMILES string of the molecule is CN(Cc1ccc(C2=NCCN2)cc1)C(=O)COCCN(C)S(=O)(=O)c1cccc2ccccc12. The molecule has 3 aromatic carbocycles. The zero-order valence-electron chi connectivity index (χ0n) is 20.0. The van der Waals surface area contributed by atoms with Gasteiger partial charge in [0.05, 0.1) is 18.0 Å². The van der Waals surface area contributed by atoms with Crippen LogP contribution in [0.3, 0.4) is 0 Å². The molecule has 35 heavy (non-hydrogen) atoms. The zero-order valence-corrected chi connectivity index (χ0v) is 20.8. The van der Waals surface area contributed by atoms with Gasteiger partial charge in [-0.1, -0.05) is 60.7 Å². The normalized spacial score (nSPS) is 13.6. The van der Waals surface area contributed by atoms with Crippen molar-refractivity contribution in [2.45, 2.75) is 11.4 Å². The number of carbonyl (C=O) groups is 1. The first-order valence-corrected chi connectivity index (χ1v) is 12.9. The second-order valence-electron chi connectivity index (χ2n) is 8.46. The number of carbonyl (C=O) groups excluding carboxylic acids is 1. The molecule has 0 atom stereocenters. The van der Waals surface area contributed by atoms with Crippen molar-refractivity contribution >= 4 is 32.5 Å². The van der Waals surface area contributed by atoms with Gasteiger partial charge in [0.2, 0.25) is 15.9 Å². The van der Waals surface area contributed by atoms with E-state index in [0.29, 0.717) is 11.9 Å². The Bertz CT molecular complexity index is 1320. The quantitative estimate of drug-likeness (QED) is 0.438. The van der Waals surface area contributed by atoms with E-state index in [1.165, 1.54) is 11.4 Å². The fraction of sp³-hybridized carbons (Fsp3) is 0.308. The number of amidine groups is 1. The number of sulfonamides is 1. The molecule has 0 radical (unpaired) electrons.